The molecule has 0 aliphatic heterocycles. The maximum atomic E-state index is 9.13. The lowest BCUT2D eigenvalue weighted by atomic mass is 10.2. The summed E-state index contributed by atoms with van der Waals surface area (Å²) in [5, 5.41) is 12.5. The van der Waals surface area contributed by atoms with E-state index < -0.39 is 0 Å². The minimum Gasteiger partial charge on any atom is -0.508 e. The molecule has 0 amide bonds. The molecule has 2 N–H and O–H groups in total. The molecule has 0 bridgehead atoms. The molecule has 1 aromatic rings. The van der Waals surface area contributed by atoms with Crippen LogP contribution in [0.3, 0.4) is 0 Å². The summed E-state index contributed by atoms with van der Waals surface area (Å²) in [7, 11) is 0. The lowest BCUT2D eigenvalue weighted by Crippen LogP contribution is -2.15. The van der Waals surface area contributed by atoms with Gasteiger partial charge in [0.25, 0.3) is 0 Å². The summed E-state index contributed by atoms with van der Waals surface area (Å²) in [6.45, 7) is 5.21. The molecule has 1 aromatic carbocycles. The van der Waals surface area contributed by atoms with Crippen molar-refractivity contribution in [3.05, 3.63) is 24.3 Å². The van der Waals surface area contributed by atoms with Crippen LogP contribution in [0.15, 0.2) is 24.3 Å². The van der Waals surface area contributed by atoms with E-state index >= 15 is 0 Å². The van der Waals surface area contributed by atoms with Crippen LogP contribution < -0.4 is 10.1 Å². The highest BCUT2D eigenvalue weighted by atomic mass is 16.5. The second-order valence-electron chi connectivity index (χ2n) is 4.51. The molecule has 0 saturated carbocycles. The van der Waals surface area contributed by atoms with Crippen molar-refractivity contribution in [3.63, 3.8) is 0 Å². The molecule has 3 nitrogen and oxygen atoms in total. The van der Waals surface area contributed by atoms with Crippen LogP contribution >= 0.6 is 0 Å². The van der Waals surface area contributed by atoms with Crippen molar-refractivity contribution in [2.75, 3.05) is 19.7 Å². The smallest absolute Gasteiger partial charge is 0.119 e. The molecule has 1 rings (SSSR count). The van der Waals surface area contributed by atoms with Crippen molar-refractivity contribution in [2.24, 2.45) is 0 Å². The van der Waals surface area contributed by atoms with Gasteiger partial charge < -0.3 is 15.2 Å². The number of aromatic hydroxyl groups is 1. The van der Waals surface area contributed by atoms with Crippen LogP contribution in [0.2, 0.25) is 0 Å². The SMILES string of the molecule is CCCNCCCCCCOc1ccc(O)cc1. The highest BCUT2D eigenvalue weighted by molar-refractivity contribution is 5.29. The van der Waals surface area contributed by atoms with E-state index in [0.29, 0.717) is 0 Å². The van der Waals surface area contributed by atoms with Gasteiger partial charge in [-0.05, 0) is 56.6 Å². The lowest BCUT2D eigenvalue weighted by Gasteiger charge is -2.06. The summed E-state index contributed by atoms with van der Waals surface area (Å²) in [4.78, 5) is 0. The maximum absolute atomic E-state index is 9.13. The molecule has 3 heteroatoms. The van der Waals surface area contributed by atoms with Crippen LogP contribution in [-0.4, -0.2) is 24.8 Å². The van der Waals surface area contributed by atoms with Crippen molar-refractivity contribution in [2.45, 2.75) is 39.0 Å². The predicted octanol–water partition coefficient (Wildman–Crippen LogP) is 3.33. The minimum absolute atomic E-state index is 0.280. The van der Waals surface area contributed by atoms with Gasteiger partial charge in [0, 0.05) is 0 Å². The highest BCUT2D eigenvalue weighted by Crippen LogP contribution is 2.16. The van der Waals surface area contributed by atoms with Crippen LogP contribution in [0.5, 0.6) is 11.5 Å². The fourth-order valence-electron chi connectivity index (χ4n) is 1.74. The number of hydrogen-bond acceptors (Lipinski definition) is 3. The van der Waals surface area contributed by atoms with Crippen LogP contribution in [0.25, 0.3) is 0 Å². The number of phenols is 1. The first kappa shape index (κ1) is 14.8. The number of nitrogens with one attached hydrogen (secondary N) is 1. The van der Waals surface area contributed by atoms with Gasteiger partial charge in [0.15, 0.2) is 0 Å². The molecule has 0 atom stereocenters. The number of benzene rings is 1. The third-order valence-corrected chi connectivity index (χ3v) is 2.78. The first-order valence-electron chi connectivity index (χ1n) is 6.95. The van der Waals surface area contributed by atoms with Gasteiger partial charge in [-0.3, -0.25) is 0 Å². The molecule has 0 saturated heterocycles. The third-order valence-electron chi connectivity index (χ3n) is 2.78. The highest BCUT2D eigenvalue weighted by Gasteiger charge is 1.94. The van der Waals surface area contributed by atoms with Gasteiger partial charge in [-0.15, -0.1) is 0 Å². The van der Waals surface area contributed by atoms with Gasteiger partial charge >= 0.3 is 0 Å². The molecule has 0 aliphatic carbocycles. The maximum Gasteiger partial charge on any atom is 0.119 e. The number of phenolic OH excluding ortho intramolecular Hbond substituents is 1. The van der Waals surface area contributed by atoms with Crippen molar-refractivity contribution in [1.82, 2.24) is 5.32 Å². The van der Waals surface area contributed by atoms with Crippen LogP contribution in [0.1, 0.15) is 39.0 Å². The Hall–Kier alpha value is -1.22. The van der Waals surface area contributed by atoms with Crippen molar-refractivity contribution < 1.29 is 9.84 Å². The first-order chi connectivity index (χ1) is 8.83. The number of ether oxygens (including phenoxy) is 1. The Bertz CT molecular complexity index is 298. The van der Waals surface area contributed by atoms with Crippen LogP contribution in [-0.2, 0) is 0 Å². The second kappa shape index (κ2) is 9.77. The fraction of sp³-hybridized carbons (Fsp3) is 0.600. The lowest BCUT2D eigenvalue weighted by molar-refractivity contribution is 0.304. The molecule has 0 aromatic heterocycles. The zero-order valence-corrected chi connectivity index (χ0v) is 11.3. The summed E-state index contributed by atoms with van der Waals surface area (Å²) < 4.78 is 5.58. The van der Waals surface area contributed by atoms with Crippen LogP contribution in [0.4, 0.5) is 0 Å². The Morgan fingerprint density at radius 2 is 1.72 bits per heavy atom. The minimum atomic E-state index is 0.280. The van der Waals surface area contributed by atoms with E-state index in [4.69, 9.17) is 9.84 Å². The molecule has 0 unspecified atom stereocenters. The second-order valence-corrected chi connectivity index (χ2v) is 4.51. The normalized spacial score (nSPS) is 10.5. The van der Waals surface area contributed by atoms with E-state index in [2.05, 4.69) is 12.2 Å². The summed E-state index contributed by atoms with van der Waals surface area (Å²) in [6, 6.07) is 6.89. The molecule has 0 fully saturated rings. The Morgan fingerprint density at radius 3 is 2.44 bits per heavy atom. The van der Waals surface area contributed by atoms with E-state index in [-0.39, 0.29) is 5.75 Å². The van der Waals surface area contributed by atoms with Gasteiger partial charge in [0.1, 0.15) is 11.5 Å². The number of unbranched alkanes of at least 4 members (excludes halogenated alkanes) is 3. The zero-order chi connectivity index (χ0) is 13.1. The van der Waals surface area contributed by atoms with E-state index in [0.717, 1.165) is 31.9 Å². The zero-order valence-electron chi connectivity index (χ0n) is 11.3. The Kier molecular flexibility index (Phi) is 8.06. The van der Waals surface area contributed by atoms with Gasteiger partial charge in [-0.1, -0.05) is 19.8 Å². The topological polar surface area (TPSA) is 41.5 Å². The third kappa shape index (κ3) is 7.17. The van der Waals surface area contributed by atoms with E-state index in [9.17, 15) is 0 Å². The quantitative estimate of drug-likeness (QED) is 0.627. The van der Waals surface area contributed by atoms with E-state index in [1.807, 2.05) is 0 Å². The monoisotopic (exact) mass is 251 g/mol. The largest absolute Gasteiger partial charge is 0.508 e. The molecule has 0 spiro atoms. The predicted molar refractivity (Wildman–Crippen MR) is 75.2 cm³/mol. The Morgan fingerprint density at radius 1 is 1.00 bits per heavy atom. The Labute approximate surface area is 110 Å². The fourth-order valence-corrected chi connectivity index (χ4v) is 1.74. The number of rotatable bonds is 10. The Balaban J connectivity index is 1.91. The first-order valence-corrected chi connectivity index (χ1v) is 6.95. The van der Waals surface area contributed by atoms with Crippen molar-refractivity contribution in [1.29, 1.82) is 0 Å². The van der Waals surface area contributed by atoms with Gasteiger partial charge in [0.05, 0.1) is 6.61 Å². The molecule has 0 aliphatic rings. The molecule has 102 valence electrons. The molecule has 18 heavy (non-hydrogen) atoms. The average molecular weight is 251 g/mol. The average Bonchev–Trinajstić information content (AvgIpc) is 2.39. The standard InChI is InChI=1S/C15H25NO2/c1-2-11-16-12-5-3-4-6-13-18-15-9-7-14(17)8-10-15/h7-10,16-17H,2-6,11-13H2,1H3. The van der Waals surface area contributed by atoms with E-state index in [1.54, 1.807) is 24.3 Å². The van der Waals surface area contributed by atoms with Crippen molar-refractivity contribution in [3.8, 4) is 11.5 Å². The van der Waals surface area contributed by atoms with Gasteiger partial charge in [0.2, 0.25) is 0 Å². The summed E-state index contributed by atoms with van der Waals surface area (Å²) >= 11 is 0. The van der Waals surface area contributed by atoms with Crippen LogP contribution in [0, 0.1) is 0 Å². The van der Waals surface area contributed by atoms with Gasteiger partial charge in [-0.25, -0.2) is 0 Å². The number of hydrogen-bond donors (Lipinski definition) is 2. The van der Waals surface area contributed by atoms with E-state index in [1.165, 1.54) is 25.7 Å². The molecular weight excluding hydrogens is 226 g/mol. The summed E-state index contributed by atoms with van der Waals surface area (Å²) in [5.74, 6) is 1.11. The summed E-state index contributed by atoms with van der Waals surface area (Å²) in [5.41, 5.74) is 0. The molecule has 0 radical (unpaired) electrons. The molecule has 0 heterocycles. The molecular formula is C15H25NO2. The van der Waals surface area contributed by atoms with Crippen molar-refractivity contribution >= 4 is 0 Å². The van der Waals surface area contributed by atoms with Gasteiger partial charge in [-0.2, -0.15) is 0 Å². The summed E-state index contributed by atoms with van der Waals surface area (Å²) in [6.07, 6.45) is 6.02.